The van der Waals surface area contributed by atoms with Gasteiger partial charge in [-0.15, -0.1) is 0 Å². The Bertz CT molecular complexity index is 644. The van der Waals surface area contributed by atoms with Gasteiger partial charge in [0.25, 0.3) is 0 Å². The van der Waals surface area contributed by atoms with Crippen molar-refractivity contribution in [3.05, 3.63) is 50.1 Å². The minimum absolute atomic E-state index is 0.347. The summed E-state index contributed by atoms with van der Waals surface area (Å²) in [5, 5.41) is 8.71. The van der Waals surface area contributed by atoms with Crippen LogP contribution >= 0.6 is 0 Å². The third kappa shape index (κ3) is 10.3. The van der Waals surface area contributed by atoms with Crippen LogP contribution in [0, 0.1) is 5.41 Å². The number of hydrogen-bond acceptors (Lipinski definition) is 9. The van der Waals surface area contributed by atoms with Gasteiger partial charge in [0.05, 0.1) is 6.42 Å². The zero-order chi connectivity index (χ0) is 22.4. The number of carbonyl (C=O) groups is 5. The Morgan fingerprint density at radius 2 is 1.07 bits per heavy atom. The Hall–Kier alpha value is -3.69. The Labute approximate surface area is 167 Å². The molecule has 0 fully saturated rings. The summed E-state index contributed by atoms with van der Waals surface area (Å²) in [5.74, 6) is -4.84. The first kappa shape index (κ1) is 25.3. The van der Waals surface area contributed by atoms with E-state index < -0.39 is 68.1 Å². The van der Waals surface area contributed by atoms with E-state index in [0.29, 0.717) is 0 Å². The standard InChI is InChI=1S/C19H22O10/c1-5-15(22)26-9-19(10-27-16(23)6-2,11-28-17(24)7-3)12-29-18(25)13(4)8-14(20)21/h5-7H,1-4,8-12H2,(H,20,21). The Morgan fingerprint density at radius 1 is 0.724 bits per heavy atom. The van der Waals surface area contributed by atoms with Crippen LogP contribution in [0.15, 0.2) is 50.1 Å². The van der Waals surface area contributed by atoms with Crippen molar-refractivity contribution >= 4 is 29.8 Å². The van der Waals surface area contributed by atoms with Crippen LogP contribution in [0.1, 0.15) is 6.42 Å². The van der Waals surface area contributed by atoms with Crippen LogP contribution in [-0.2, 0) is 42.9 Å². The van der Waals surface area contributed by atoms with Gasteiger partial charge in [0.2, 0.25) is 0 Å². The van der Waals surface area contributed by atoms with Crippen LogP contribution in [0.2, 0.25) is 0 Å². The number of carbonyl (C=O) groups excluding carboxylic acids is 4. The minimum Gasteiger partial charge on any atom is -0.481 e. The number of aliphatic carboxylic acids is 1. The first-order valence-electron chi connectivity index (χ1n) is 8.03. The van der Waals surface area contributed by atoms with Crippen molar-refractivity contribution in [3.8, 4) is 0 Å². The first-order chi connectivity index (χ1) is 13.6. The average Bonchev–Trinajstić information content (AvgIpc) is 2.70. The van der Waals surface area contributed by atoms with Crippen LogP contribution in [-0.4, -0.2) is 61.4 Å². The molecule has 0 aliphatic heterocycles. The molecule has 158 valence electrons. The van der Waals surface area contributed by atoms with Gasteiger partial charge in [0.1, 0.15) is 31.8 Å². The molecule has 0 aromatic carbocycles. The van der Waals surface area contributed by atoms with Gasteiger partial charge in [-0.3, -0.25) is 4.79 Å². The summed E-state index contributed by atoms with van der Waals surface area (Å²) in [6.07, 6.45) is 1.96. The third-order valence-electron chi connectivity index (χ3n) is 3.22. The lowest BCUT2D eigenvalue weighted by molar-refractivity contribution is -0.165. The number of carboxylic acid groups (broad SMARTS) is 1. The van der Waals surface area contributed by atoms with Gasteiger partial charge >= 0.3 is 29.8 Å². The van der Waals surface area contributed by atoms with Gasteiger partial charge in [-0.05, 0) is 0 Å². The van der Waals surface area contributed by atoms with Crippen molar-refractivity contribution < 1.29 is 48.0 Å². The highest BCUT2D eigenvalue weighted by atomic mass is 16.6. The number of carboxylic acids is 1. The van der Waals surface area contributed by atoms with E-state index >= 15 is 0 Å². The van der Waals surface area contributed by atoms with Gasteiger partial charge in [0.15, 0.2) is 0 Å². The zero-order valence-electron chi connectivity index (χ0n) is 15.7. The molecule has 10 nitrogen and oxygen atoms in total. The quantitative estimate of drug-likeness (QED) is 0.247. The molecular formula is C19H22O10. The number of esters is 4. The second kappa shape index (κ2) is 12.7. The Kier molecular flexibility index (Phi) is 11.0. The topological polar surface area (TPSA) is 142 Å². The summed E-state index contributed by atoms with van der Waals surface area (Å²) in [4.78, 5) is 56.9. The maximum absolute atomic E-state index is 12.0. The molecule has 1 N–H and O–H groups in total. The van der Waals surface area contributed by atoms with E-state index in [4.69, 9.17) is 24.1 Å². The van der Waals surface area contributed by atoms with E-state index in [9.17, 15) is 24.0 Å². The monoisotopic (exact) mass is 410 g/mol. The number of rotatable bonds is 14. The smallest absolute Gasteiger partial charge is 0.334 e. The summed E-state index contributed by atoms with van der Waals surface area (Å²) in [6, 6.07) is 0. The van der Waals surface area contributed by atoms with E-state index in [1.165, 1.54) is 0 Å². The SMILES string of the molecule is C=CC(=O)OCC(COC(=O)C=C)(COC(=O)C=C)COC(=O)C(=C)CC(=O)O. The summed E-state index contributed by atoms with van der Waals surface area (Å²) >= 11 is 0. The van der Waals surface area contributed by atoms with Crippen molar-refractivity contribution in [2.45, 2.75) is 6.42 Å². The normalized spacial score (nSPS) is 10.1. The fourth-order valence-corrected chi connectivity index (χ4v) is 1.67. The molecule has 0 bridgehead atoms. The lowest BCUT2D eigenvalue weighted by atomic mass is 9.92. The molecule has 0 atom stereocenters. The summed E-state index contributed by atoms with van der Waals surface area (Å²) in [5.41, 5.74) is -1.85. The molecule has 0 saturated carbocycles. The highest BCUT2D eigenvalue weighted by molar-refractivity contribution is 5.92. The number of ether oxygens (including phenoxy) is 4. The summed E-state index contributed by atoms with van der Waals surface area (Å²) < 4.78 is 19.9. The fraction of sp³-hybridized carbons (Fsp3) is 0.316. The first-order valence-corrected chi connectivity index (χ1v) is 8.03. The predicted octanol–water partition coefficient (Wildman–Crippen LogP) is 0.734. The van der Waals surface area contributed by atoms with Crippen LogP contribution in [0.5, 0.6) is 0 Å². The fourth-order valence-electron chi connectivity index (χ4n) is 1.67. The highest BCUT2D eigenvalue weighted by Crippen LogP contribution is 2.22. The molecule has 0 saturated heterocycles. The van der Waals surface area contributed by atoms with Crippen LogP contribution in [0.3, 0.4) is 0 Å². The molecule has 0 unspecified atom stereocenters. The van der Waals surface area contributed by atoms with Gasteiger partial charge in [-0.25, -0.2) is 19.2 Å². The number of hydrogen-bond donors (Lipinski definition) is 1. The van der Waals surface area contributed by atoms with Crippen molar-refractivity contribution in [1.29, 1.82) is 0 Å². The molecular weight excluding hydrogens is 388 g/mol. The molecule has 10 heteroatoms. The summed E-state index contributed by atoms with van der Waals surface area (Å²) in [7, 11) is 0. The summed E-state index contributed by atoms with van der Waals surface area (Å²) in [6.45, 7) is 11.0. The largest absolute Gasteiger partial charge is 0.481 e. The van der Waals surface area contributed by atoms with Crippen molar-refractivity contribution in [3.63, 3.8) is 0 Å². The lowest BCUT2D eigenvalue weighted by Gasteiger charge is -2.31. The van der Waals surface area contributed by atoms with Crippen LogP contribution in [0.4, 0.5) is 0 Å². The van der Waals surface area contributed by atoms with E-state index in [1.807, 2.05) is 0 Å². The van der Waals surface area contributed by atoms with Gasteiger partial charge in [-0.2, -0.15) is 0 Å². The van der Waals surface area contributed by atoms with E-state index in [0.717, 1.165) is 18.2 Å². The molecule has 0 aromatic rings. The molecule has 0 amide bonds. The van der Waals surface area contributed by atoms with E-state index in [1.54, 1.807) is 0 Å². The van der Waals surface area contributed by atoms with Crippen LogP contribution < -0.4 is 0 Å². The van der Waals surface area contributed by atoms with Gasteiger partial charge in [0, 0.05) is 23.8 Å². The minimum atomic E-state index is -1.50. The molecule has 29 heavy (non-hydrogen) atoms. The van der Waals surface area contributed by atoms with Crippen LogP contribution in [0.25, 0.3) is 0 Å². The van der Waals surface area contributed by atoms with Crippen molar-refractivity contribution in [2.75, 3.05) is 26.4 Å². The molecule has 0 spiro atoms. The van der Waals surface area contributed by atoms with Crippen molar-refractivity contribution in [2.24, 2.45) is 5.41 Å². The molecule has 0 aromatic heterocycles. The molecule has 0 aliphatic carbocycles. The second-order valence-electron chi connectivity index (χ2n) is 5.69. The maximum atomic E-state index is 12.0. The molecule has 0 heterocycles. The Balaban J connectivity index is 5.53. The van der Waals surface area contributed by atoms with E-state index in [-0.39, 0.29) is 5.57 Å². The molecule has 0 radical (unpaired) electrons. The van der Waals surface area contributed by atoms with Gasteiger partial charge in [-0.1, -0.05) is 26.3 Å². The predicted molar refractivity (Wildman–Crippen MR) is 98.3 cm³/mol. The second-order valence-corrected chi connectivity index (χ2v) is 5.69. The maximum Gasteiger partial charge on any atom is 0.334 e. The van der Waals surface area contributed by atoms with E-state index in [2.05, 4.69) is 26.3 Å². The zero-order valence-corrected chi connectivity index (χ0v) is 15.7. The van der Waals surface area contributed by atoms with Crippen molar-refractivity contribution in [1.82, 2.24) is 0 Å². The molecule has 0 rings (SSSR count). The lowest BCUT2D eigenvalue weighted by Crippen LogP contribution is -2.43. The average molecular weight is 410 g/mol. The Morgan fingerprint density at radius 3 is 1.38 bits per heavy atom. The third-order valence-corrected chi connectivity index (χ3v) is 3.22. The molecule has 0 aliphatic rings. The van der Waals surface area contributed by atoms with Gasteiger partial charge < -0.3 is 24.1 Å². The highest BCUT2D eigenvalue weighted by Gasteiger charge is 2.37.